The second-order valence-corrected chi connectivity index (χ2v) is 1.60. The topological polar surface area (TPSA) is 38.7 Å². The molecule has 0 aliphatic carbocycles. The minimum absolute atomic E-state index is 0.0139. The van der Waals surface area contributed by atoms with Crippen LogP contribution in [0.5, 0.6) is 0 Å². The number of aliphatic hydroxyl groups excluding tert-OH is 1. The Kier molecular flexibility index (Phi) is 2.27. The summed E-state index contributed by atoms with van der Waals surface area (Å²) in [4.78, 5) is 0. The molecule has 1 aliphatic heterocycles. The third kappa shape index (κ3) is 1.43. The van der Waals surface area contributed by atoms with Crippen molar-refractivity contribution in [3.8, 4) is 0 Å². The smallest absolute Gasteiger partial charge is 0.148 e. The van der Waals surface area contributed by atoms with Gasteiger partial charge in [-0.2, -0.15) is 0 Å². The van der Waals surface area contributed by atoms with E-state index in [0.29, 0.717) is 25.9 Å². The molecule has 1 saturated heterocycles. The van der Waals surface area contributed by atoms with E-state index >= 15 is 0 Å². The SMILES string of the molecule is OC[C]1COCCO1. The first-order valence-corrected chi connectivity index (χ1v) is 2.59. The first-order chi connectivity index (χ1) is 3.93. The zero-order chi connectivity index (χ0) is 5.82. The van der Waals surface area contributed by atoms with Crippen LogP contribution in [0.2, 0.25) is 0 Å². The summed E-state index contributed by atoms with van der Waals surface area (Å²) in [5.41, 5.74) is 0. The van der Waals surface area contributed by atoms with Gasteiger partial charge in [-0.05, 0) is 0 Å². The second kappa shape index (κ2) is 3.02. The molecule has 3 nitrogen and oxygen atoms in total. The lowest BCUT2D eigenvalue weighted by atomic mass is 10.4. The van der Waals surface area contributed by atoms with Gasteiger partial charge in [-0.1, -0.05) is 0 Å². The maximum atomic E-state index is 8.45. The fraction of sp³-hybridized carbons (Fsp3) is 0.800. The molecule has 3 heteroatoms. The van der Waals surface area contributed by atoms with E-state index in [2.05, 4.69) is 0 Å². The van der Waals surface area contributed by atoms with Crippen molar-refractivity contribution in [3.63, 3.8) is 0 Å². The van der Waals surface area contributed by atoms with Crippen LogP contribution < -0.4 is 0 Å². The van der Waals surface area contributed by atoms with Gasteiger partial charge >= 0.3 is 0 Å². The predicted octanol–water partition coefficient (Wildman–Crippen LogP) is -0.443. The molecule has 1 N–H and O–H groups in total. The van der Waals surface area contributed by atoms with Gasteiger partial charge in [0.2, 0.25) is 0 Å². The Morgan fingerprint density at radius 1 is 1.50 bits per heavy atom. The van der Waals surface area contributed by atoms with Crippen LogP contribution in [-0.4, -0.2) is 31.5 Å². The predicted molar refractivity (Wildman–Crippen MR) is 27.1 cm³/mol. The maximum absolute atomic E-state index is 8.45. The summed E-state index contributed by atoms with van der Waals surface area (Å²) in [6, 6.07) is 0. The molecule has 0 aromatic carbocycles. The van der Waals surface area contributed by atoms with Crippen LogP contribution in [0, 0.1) is 6.10 Å². The van der Waals surface area contributed by atoms with Gasteiger partial charge in [-0.15, -0.1) is 0 Å². The molecule has 0 spiro atoms. The lowest BCUT2D eigenvalue weighted by molar-refractivity contribution is -0.0450. The van der Waals surface area contributed by atoms with Gasteiger partial charge in [0.25, 0.3) is 0 Å². The van der Waals surface area contributed by atoms with E-state index in [1.807, 2.05) is 0 Å². The summed E-state index contributed by atoms with van der Waals surface area (Å²) < 4.78 is 9.92. The van der Waals surface area contributed by atoms with Crippen molar-refractivity contribution in [3.05, 3.63) is 6.10 Å². The minimum atomic E-state index is -0.0139. The van der Waals surface area contributed by atoms with Crippen LogP contribution in [-0.2, 0) is 9.47 Å². The fourth-order valence-corrected chi connectivity index (χ4v) is 0.564. The molecular formula is C5H9O3. The molecule has 0 amide bonds. The van der Waals surface area contributed by atoms with Gasteiger partial charge in [-0.3, -0.25) is 0 Å². The van der Waals surface area contributed by atoms with Gasteiger partial charge in [0.05, 0.1) is 26.4 Å². The Labute approximate surface area is 48.2 Å². The Bertz CT molecular complexity index is 58.7. The summed E-state index contributed by atoms with van der Waals surface area (Å²) in [5, 5.41) is 8.45. The summed E-state index contributed by atoms with van der Waals surface area (Å²) in [7, 11) is 0. The van der Waals surface area contributed by atoms with Crippen molar-refractivity contribution in [2.24, 2.45) is 0 Å². The highest BCUT2D eigenvalue weighted by Crippen LogP contribution is 2.05. The summed E-state index contributed by atoms with van der Waals surface area (Å²) >= 11 is 0. The van der Waals surface area contributed by atoms with Crippen LogP contribution in [0.4, 0.5) is 0 Å². The first-order valence-electron chi connectivity index (χ1n) is 2.59. The highest BCUT2D eigenvalue weighted by Gasteiger charge is 2.12. The number of rotatable bonds is 1. The van der Waals surface area contributed by atoms with Crippen LogP contribution >= 0.6 is 0 Å². The van der Waals surface area contributed by atoms with Crippen molar-refractivity contribution < 1.29 is 14.6 Å². The molecule has 1 radical (unpaired) electrons. The third-order valence-electron chi connectivity index (χ3n) is 0.973. The molecule has 0 atom stereocenters. The largest absolute Gasteiger partial charge is 0.393 e. The molecule has 1 aliphatic rings. The van der Waals surface area contributed by atoms with E-state index in [0.717, 1.165) is 0 Å². The summed E-state index contributed by atoms with van der Waals surface area (Å²) in [6.45, 7) is 1.66. The average molecular weight is 117 g/mol. The zero-order valence-electron chi connectivity index (χ0n) is 4.59. The molecule has 8 heavy (non-hydrogen) atoms. The van der Waals surface area contributed by atoms with Gasteiger partial charge in [-0.25, -0.2) is 0 Å². The van der Waals surface area contributed by atoms with E-state index in [1.165, 1.54) is 0 Å². The van der Waals surface area contributed by atoms with E-state index in [9.17, 15) is 0 Å². The maximum Gasteiger partial charge on any atom is 0.148 e. The lowest BCUT2D eigenvalue weighted by Crippen LogP contribution is -2.24. The molecule has 0 unspecified atom stereocenters. The second-order valence-electron chi connectivity index (χ2n) is 1.60. The monoisotopic (exact) mass is 117 g/mol. The van der Waals surface area contributed by atoms with Gasteiger partial charge in [0.1, 0.15) is 6.10 Å². The van der Waals surface area contributed by atoms with Crippen molar-refractivity contribution in [2.75, 3.05) is 26.4 Å². The van der Waals surface area contributed by atoms with Crippen LogP contribution in [0.3, 0.4) is 0 Å². The van der Waals surface area contributed by atoms with Crippen LogP contribution in [0.1, 0.15) is 0 Å². The lowest BCUT2D eigenvalue weighted by Gasteiger charge is -2.19. The van der Waals surface area contributed by atoms with Crippen molar-refractivity contribution in [2.45, 2.75) is 0 Å². The Balaban J connectivity index is 2.13. The molecule has 1 fully saturated rings. The number of hydrogen-bond acceptors (Lipinski definition) is 3. The molecule has 1 heterocycles. The highest BCUT2D eigenvalue weighted by atomic mass is 16.6. The Hall–Kier alpha value is -0.120. The van der Waals surface area contributed by atoms with Crippen LogP contribution in [0.15, 0.2) is 0 Å². The molecule has 0 bridgehead atoms. The van der Waals surface area contributed by atoms with Gasteiger partial charge < -0.3 is 14.6 Å². The van der Waals surface area contributed by atoms with Crippen LogP contribution in [0.25, 0.3) is 0 Å². The highest BCUT2D eigenvalue weighted by molar-refractivity contribution is 4.78. The van der Waals surface area contributed by atoms with E-state index in [-0.39, 0.29) is 6.61 Å². The Morgan fingerprint density at radius 3 is 2.75 bits per heavy atom. The fourth-order valence-electron chi connectivity index (χ4n) is 0.564. The normalized spacial score (nSPS) is 23.6. The van der Waals surface area contributed by atoms with Crippen molar-refractivity contribution in [1.29, 1.82) is 0 Å². The number of hydrogen-bond donors (Lipinski definition) is 1. The standard InChI is InChI=1S/C5H9O3/c6-3-5-4-7-1-2-8-5/h6H,1-4H2. The average Bonchev–Trinajstić information content (AvgIpc) is 1.90. The molecule has 1 rings (SSSR count). The summed E-state index contributed by atoms with van der Waals surface area (Å²) in [5.74, 6) is 0. The molecule has 0 aromatic heterocycles. The Morgan fingerprint density at radius 2 is 2.38 bits per heavy atom. The molecular weight excluding hydrogens is 108 g/mol. The van der Waals surface area contributed by atoms with Crippen molar-refractivity contribution >= 4 is 0 Å². The molecule has 0 saturated carbocycles. The molecule has 47 valence electrons. The summed E-state index contributed by atoms with van der Waals surface area (Å²) in [6.07, 6.45) is 0.635. The molecule has 0 aromatic rings. The third-order valence-corrected chi connectivity index (χ3v) is 0.973. The number of aliphatic hydroxyl groups is 1. The van der Waals surface area contributed by atoms with Gasteiger partial charge in [0.15, 0.2) is 0 Å². The van der Waals surface area contributed by atoms with E-state index < -0.39 is 0 Å². The van der Waals surface area contributed by atoms with Crippen molar-refractivity contribution in [1.82, 2.24) is 0 Å². The minimum Gasteiger partial charge on any atom is -0.393 e. The van der Waals surface area contributed by atoms with E-state index in [1.54, 1.807) is 0 Å². The van der Waals surface area contributed by atoms with E-state index in [4.69, 9.17) is 14.6 Å². The zero-order valence-corrected chi connectivity index (χ0v) is 4.59. The quantitative estimate of drug-likeness (QED) is 0.506. The van der Waals surface area contributed by atoms with Gasteiger partial charge in [0, 0.05) is 0 Å². The number of ether oxygens (including phenoxy) is 2. The first kappa shape index (κ1) is 6.01.